The first-order valence-electron chi connectivity index (χ1n) is 7.80. The Kier molecular flexibility index (Phi) is 4.46. The summed E-state index contributed by atoms with van der Waals surface area (Å²) in [7, 11) is 1.38. The van der Waals surface area contributed by atoms with Crippen molar-refractivity contribution in [2.45, 2.75) is 24.9 Å². The maximum absolute atomic E-state index is 11.6. The maximum Gasteiger partial charge on any atom is 0.337 e. The monoisotopic (exact) mass is 311 g/mol. The van der Waals surface area contributed by atoms with E-state index in [1.54, 1.807) is 6.07 Å². The fraction of sp³-hybridized carbons (Fsp3) is 0.316. The Morgan fingerprint density at radius 1 is 1.26 bits per heavy atom. The molecule has 0 aromatic heterocycles. The lowest BCUT2D eigenvalue weighted by atomic mass is 9.92. The summed E-state index contributed by atoms with van der Waals surface area (Å²) in [6.45, 7) is 0.639. The van der Waals surface area contributed by atoms with E-state index < -0.39 is 5.54 Å². The first kappa shape index (κ1) is 15.7. The smallest absolute Gasteiger partial charge is 0.337 e. The maximum atomic E-state index is 11.6. The van der Waals surface area contributed by atoms with Crippen molar-refractivity contribution >= 4 is 5.97 Å². The highest BCUT2D eigenvalue weighted by Crippen LogP contribution is 2.36. The molecular weight excluding hydrogens is 290 g/mol. The number of hydrogen-bond acceptors (Lipinski definition) is 4. The Bertz CT molecular complexity index is 713. The van der Waals surface area contributed by atoms with Crippen molar-refractivity contribution in [1.29, 1.82) is 0 Å². The Balaban J connectivity index is 1.79. The summed E-state index contributed by atoms with van der Waals surface area (Å²) in [6.07, 6.45) is 1.84. The molecule has 23 heavy (non-hydrogen) atoms. The molecular formula is C19H21NO3. The van der Waals surface area contributed by atoms with Gasteiger partial charge in [0.2, 0.25) is 0 Å². The van der Waals surface area contributed by atoms with Crippen LogP contribution in [-0.2, 0) is 23.2 Å². The number of aryl methyl sites for hydroxylation is 1. The minimum absolute atomic E-state index is 0.0563. The molecule has 1 atom stereocenters. The van der Waals surface area contributed by atoms with Crippen molar-refractivity contribution in [3.8, 4) is 0 Å². The minimum Gasteiger partial charge on any atom is -0.465 e. The molecule has 1 aliphatic rings. The standard InChI is InChI=1S/C19H21NO3/c1-23-18(22)16-7-4-5-14(11-16)12-20-19(13-21)10-9-15-6-2-3-8-17(15)19/h2-8,11,20-21H,9-10,12-13H2,1H3. The minimum atomic E-state index is -0.405. The Hall–Kier alpha value is -2.17. The summed E-state index contributed by atoms with van der Waals surface area (Å²) in [5.74, 6) is -0.338. The van der Waals surface area contributed by atoms with E-state index in [-0.39, 0.29) is 12.6 Å². The van der Waals surface area contributed by atoms with Gasteiger partial charge < -0.3 is 15.2 Å². The van der Waals surface area contributed by atoms with Gasteiger partial charge in [-0.3, -0.25) is 0 Å². The van der Waals surface area contributed by atoms with Gasteiger partial charge in [-0.25, -0.2) is 4.79 Å². The molecule has 0 bridgehead atoms. The highest BCUT2D eigenvalue weighted by molar-refractivity contribution is 5.89. The molecule has 4 heteroatoms. The second kappa shape index (κ2) is 6.52. The van der Waals surface area contributed by atoms with Crippen LogP contribution in [0.4, 0.5) is 0 Å². The van der Waals surface area contributed by atoms with Crippen molar-refractivity contribution < 1.29 is 14.6 Å². The summed E-state index contributed by atoms with van der Waals surface area (Å²) < 4.78 is 4.76. The second-order valence-electron chi connectivity index (χ2n) is 5.94. The molecule has 0 saturated carbocycles. The molecule has 0 amide bonds. The van der Waals surface area contributed by atoms with Crippen molar-refractivity contribution in [2.75, 3.05) is 13.7 Å². The first-order valence-corrected chi connectivity index (χ1v) is 7.80. The normalized spacial score (nSPS) is 19.4. The molecule has 0 fully saturated rings. The van der Waals surface area contributed by atoms with Crippen LogP contribution in [0, 0.1) is 0 Å². The summed E-state index contributed by atoms with van der Waals surface area (Å²) in [5, 5.41) is 13.5. The topological polar surface area (TPSA) is 58.6 Å². The summed E-state index contributed by atoms with van der Waals surface area (Å²) in [6, 6.07) is 15.6. The number of hydrogen-bond donors (Lipinski definition) is 2. The number of fused-ring (bicyclic) bond motifs is 1. The number of benzene rings is 2. The first-order chi connectivity index (χ1) is 11.2. The van der Waals surface area contributed by atoms with Crippen LogP contribution in [0.25, 0.3) is 0 Å². The number of esters is 1. The molecule has 0 aliphatic heterocycles. The van der Waals surface area contributed by atoms with E-state index in [9.17, 15) is 9.90 Å². The highest BCUT2D eigenvalue weighted by Gasteiger charge is 2.37. The molecule has 3 rings (SSSR count). The van der Waals surface area contributed by atoms with E-state index in [4.69, 9.17) is 4.74 Å². The fourth-order valence-electron chi connectivity index (χ4n) is 3.29. The fourth-order valence-corrected chi connectivity index (χ4v) is 3.29. The molecule has 2 aromatic carbocycles. The van der Waals surface area contributed by atoms with E-state index in [2.05, 4.69) is 17.4 Å². The van der Waals surface area contributed by atoms with Gasteiger partial charge in [0.15, 0.2) is 0 Å². The predicted molar refractivity (Wildman–Crippen MR) is 88.1 cm³/mol. The average Bonchev–Trinajstić information content (AvgIpc) is 2.99. The molecule has 0 heterocycles. The van der Waals surface area contributed by atoms with Gasteiger partial charge in [-0.15, -0.1) is 0 Å². The second-order valence-corrected chi connectivity index (χ2v) is 5.94. The number of nitrogens with one attached hydrogen (secondary N) is 1. The van der Waals surface area contributed by atoms with Gasteiger partial charge in [-0.05, 0) is 41.7 Å². The van der Waals surface area contributed by atoms with Crippen molar-refractivity contribution in [2.24, 2.45) is 0 Å². The lowest BCUT2D eigenvalue weighted by molar-refractivity contribution is 0.0600. The van der Waals surface area contributed by atoms with Crippen LogP contribution >= 0.6 is 0 Å². The summed E-state index contributed by atoms with van der Waals surface area (Å²) in [5.41, 5.74) is 3.59. The molecule has 0 saturated heterocycles. The van der Waals surface area contributed by atoms with E-state index in [1.165, 1.54) is 18.2 Å². The molecule has 4 nitrogen and oxygen atoms in total. The van der Waals surface area contributed by atoms with E-state index >= 15 is 0 Å². The molecule has 2 N–H and O–H groups in total. The van der Waals surface area contributed by atoms with Gasteiger partial charge in [-0.2, -0.15) is 0 Å². The summed E-state index contributed by atoms with van der Waals surface area (Å²) >= 11 is 0. The summed E-state index contributed by atoms with van der Waals surface area (Å²) in [4.78, 5) is 11.6. The number of ether oxygens (including phenoxy) is 1. The molecule has 0 radical (unpaired) electrons. The van der Waals surface area contributed by atoms with Gasteiger partial charge in [-0.1, -0.05) is 36.4 Å². The average molecular weight is 311 g/mol. The van der Waals surface area contributed by atoms with E-state index in [0.717, 1.165) is 18.4 Å². The number of rotatable bonds is 5. The zero-order valence-corrected chi connectivity index (χ0v) is 13.2. The van der Waals surface area contributed by atoms with Gasteiger partial charge in [0, 0.05) is 6.54 Å². The largest absolute Gasteiger partial charge is 0.465 e. The quantitative estimate of drug-likeness (QED) is 0.833. The third-order valence-electron chi connectivity index (χ3n) is 4.60. The SMILES string of the molecule is COC(=O)c1cccc(CNC2(CO)CCc3ccccc32)c1. The number of methoxy groups -OCH3 is 1. The van der Waals surface area contributed by atoms with Crippen LogP contribution in [0.3, 0.4) is 0 Å². The third kappa shape index (κ3) is 3.00. The van der Waals surface area contributed by atoms with Crippen LogP contribution in [0.5, 0.6) is 0 Å². The van der Waals surface area contributed by atoms with E-state index in [0.29, 0.717) is 12.1 Å². The van der Waals surface area contributed by atoms with Crippen molar-refractivity contribution in [3.63, 3.8) is 0 Å². The predicted octanol–water partition coefficient (Wildman–Crippen LogP) is 2.40. The zero-order valence-electron chi connectivity index (χ0n) is 13.2. The van der Waals surface area contributed by atoms with Crippen LogP contribution in [0.15, 0.2) is 48.5 Å². The van der Waals surface area contributed by atoms with Crippen LogP contribution in [0.1, 0.15) is 33.5 Å². The number of aliphatic hydroxyl groups excluding tert-OH is 1. The van der Waals surface area contributed by atoms with Gasteiger partial charge >= 0.3 is 5.97 Å². The molecule has 1 unspecified atom stereocenters. The zero-order chi connectivity index (χ0) is 16.3. The Labute approximate surface area is 136 Å². The lowest BCUT2D eigenvalue weighted by Crippen LogP contribution is -2.43. The third-order valence-corrected chi connectivity index (χ3v) is 4.60. The molecule has 1 aliphatic carbocycles. The molecule has 120 valence electrons. The van der Waals surface area contributed by atoms with Crippen LogP contribution < -0.4 is 5.32 Å². The van der Waals surface area contributed by atoms with Gasteiger partial charge in [0.05, 0.1) is 24.8 Å². The Morgan fingerprint density at radius 2 is 2.09 bits per heavy atom. The van der Waals surface area contributed by atoms with Gasteiger partial charge in [0.1, 0.15) is 0 Å². The van der Waals surface area contributed by atoms with Crippen LogP contribution in [0.2, 0.25) is 0 Å². The molecule has 0 spiro atoms. The Morgan fingerprint density at radius 3 is 2.87 bits per heavy atom. The molecule has 2 aromatic rings. The van der Waals surface area contributed by atoms with Crippen LogP contribution in [-0.4, -0.2) is 24.8 Å². The van der Waals surface area contributed by atoms with Crippen molar-refractivity contribution in [1.82, 2.24) is 5.32 Å². The highest BCUT2D eigenvalue weighted by atomic mass is 16.5. The number of carbonyl (C=O) groups is 1. The van der Waals surface area contributed by atoms with Crippen molar-refractivity contribution in [3.05, 3.63) is 70.8 Å². The number of aliphatic hydroxyl groups is 1. The van der Waals surface area contributed by atoms with E-state index in [1.807, 2.05) is 30.3 Å². The van der Waals surface area contributed by atoms with Gasteiger partial charge in [0.25, 0.3) is 0 Å². The number of carbonyl (C=O) groups excluding carboxylic acids is 1. The lowest BCUT2D eigenvalue weighted by Gasteiger charge is -2.30.